The summed E-state index contributed by atoms with van der Waals surface area (Å²) in [6.45, 7) is 4.11. The molecule has 0 aliphatic carbocycles. The van der Waals surface area contributed by atoms with E-state index in [4.69, 9.17) is 5.73 Å². The molecule has 1 heterocycles. The minimum absolute atomic E-state index is 0.553. The van der Waals surface area contributed by atoms with E-state index in [1.165, 1.54) is 24.8 Å². The molecule has 0 spiro atoms. The number of halogens is 1. The Labute approximate surface area is 112 Å². The van der Waals surface area contributed by atoms with Crippen molar-refractivity contribution in [2.75, 3.05) is 6.54 Å². The molecule has 1 saturated heterocycles. The van der Waals surface area contributed by atoms with E-state index in [0.29, 0.717) is 12.1 Å². The molecule has 0 saturated carbocycles. The molecule has 0 radical (unpaired) electrons. The molecule has 0 amide bonds. The molecule has 1 fully saturated rings. The molecule has 2 nitrogen and oxygen atoms in total. The first-order chi connectivity index (χ1) is 8.20. The van der Waals surface area contributed by atoms with Gasteiger partial charge in [0.15, 0.2) is 0 Å². The highest BCUT2D eigenvalue weighted by atomic mass is 79.9. The van der Waals surface area contributed by atoms with Gasteiger partial charge in [0, 0.05) is 29.6 Å². The maximum Gasteiger partial charge on any atom is 0.0240 e. The summed E-state index contributed by atoms with van der Waals surface area (Å²) < 4.78 is 1.16. The highest BCUT2D eigenvalue weighted by Crippen LogP contribution is 2.25. The Bertz CT molecular complexity index is 367. The first-order valence-electron chi connectivity index (χ1n) is 6.41. The summed E-state index contributed by atoms with van der Waals surface area (Å²) in [6.07, 6.45) is 3.86. The maximum absolute atomic E-state index is 5.89. The Balaban J connectivity index is 2.09. The van der Waals surface area contributed by atoms with Gasteiger partial charge in [-0.2, -0.15) is 0 Å². The molecular weight excluding hydrogens is 276 g/mol. The quantitative estimate of drug-likeness (QED) is 0.928. The van der Waals surface area contributed by atoms with Crippen molar-refractivity contribution in [1.29, 1.82) is 0 Å². The van der Waals surface area contributed by atoms with Gasteiger partial charge in [0.2, 0.25) is 0 Å². The minimum atomic E-state index is 0.553. The Hall–Kier alpha value is -0.380. The summed E-state index contributed by atoms with van der Waals surface area (Å²) >= 11 is 3.53. The van der Waals surface area contributed by atoms with Crippen LogP contribution in [0.4, 0.5) is 0 Å². The largest absolute Gasteiger partial charge is 0.329 e. The third kappa shape index (κ3) is 3.30. The lowest BCUT2D eigenvalue weighted by Crippen LogP contribution is -2.48. The van der Waals surface area contributed by atoms with Crippen molar-refractivity contribution in [2.45, 2.75) is 44.8 Å². The van der Waals surface area contributed by atoms with E-state index in [0.717, 1.165) is 17.6 Å². The molecule has 1 aliphatic heterocycles. The normalized spacial score (nSPS) is 26.1. The first kappa shape index (κ1) is 13.1. The Morgan fingerprint density at radius 3 is 2.94 bits per heavy atom. The molecule has 2 atom stereocenters. The lowest BCUT2D eigenvalue weighted by Gasteiger charge is -2.40. The Morgan fingerprint density at radius 1 is 1.41 bits per heavy atom. The molecule has 94 valence electrons. The van der Waals surface area contributed by atoms with E-state index < -0.39 is 0 Å². The first-order valence-corrected chi connectivity index (χ1v) is 7.20. The highest BCUT2D eigenvalue weighted by molar-refractivity contribution is 9.10. The van der Waals surface area contributed by atoms with Crippen molar-refractivity contribution >= 4 is 15.9 Å². The van der Waals surface area contributed by atoms with Gasteiger partial charge in [-0.1, -0.05) is 34.5 Å². The van der Waals surface area contributed by atoms with Crippen LogP contribution in [0.15, 0.2) is 28.7 Å². The number of likely N-dealkylation sites (tertiary alicyclic amines) is 1. The molecule has 1 aromatic carbocycles. The Morgan fingerprint density at radius 2 is 2.24 bits per heavy atom. The van der Waals surface area contributed by atoms with Crippen molar-refractivity contribution < 1.29 is 0 Å². The van der Waals surface area contributed by atoms with Crippen LogP contribution in [0.5, 0.6) is 0 Å². The molecule has 1 aromatic rings. The fraction of sp³-hybridized carbons (Fsp3) is 0.571. The van der Waals surface area contributed by atoms with Crippen LogP contribution in [-0.4, -0.2) is 23.5 Å². The monoisotopic (exact) mass is 296 g/mol. The van der Waals surface area contributed by atoms with Crippen LogP contribution < -0.4 is 5.73 Å². The standard InChI is InChI=1S/C14H21BrN2/c1-11-4-2-7-14(9-16)17(11)10-12-5-3-6-13(15)8-12/h3,5-6,8,11,14H,2,4,7,9-10,16H2,1H3. The average Bonchev–Trinajstić information content (AvgIpc) is 2.32. The second-order valence-corrected chi connectivity index (χ2v) is 5.89. The molecule has 2 N–H and O–H groups in total. The molecule has 2 unspecified atom stereocenters. The number of benzene rings is 1. The smallest absolute Gasteiger partial charge is 0.0240 e. The van der Waals surface area contributed by atoms with Gasteiger partial charge in [-0.05, 0) is 37.5 Å². The fourth-order valence-electron chi connectivity index (χ4n) is 2.72. The van der Waals surface area contributed by atoms with E-state index in [2.05, 4.69) is 52.0 Å². The van der Waals surface area contributed by atoms with Gasteiger partial charge >= 0.3 is 0 Å². The van der Waals surface area contributed by atoms with Crippen molar-refractivity contribution in [3.8, 4) is 0 Å². The van der Waals surface area contributed by atoms with Gasteiger partial charge in [-0.25, -0.2) is 0 Å². The number of hydrogen-bond donors (Lipinski definition) is 1. The lowest BCUT2D eigenvalue weighted by atomic mass is 9.95. The van der Waals surface area contributed by atoms with Crippen molar-refractivity contribution in [2.24, 2.45) is 5.73 Å². The molecular formula is C14H21BrN2. The van der Waals surface area contributed by atoms with Gasteiger partial charge in [0.1, 0.15) is 0 Å². The van der Waals surface area contributed by atoms with Crippen LogP contribution in [0.25, 0.3) is 0 Å². The van der Waals surface area contributed by atoms with Gasteiger partial charge in [-0.15, -0.1) is 0 Å². The summed E-state index contributed by atoms with van der Waals surface area (Å²) in [6, 6.07) is 9.78. The predicted molar refractivity (Wildman–Crippen MR) is 75.8 cm³/mol. The highest BCUT2D eigenvalue weighted by Gasteiger charge is 2.26. The molecule has 3 heteroatoms. The molecule has 0 aromatic heterocycles. The van der Waals surface area contributed by atoms with Crippen molar-refractivity contribution in [1.82, 2.24) is 4.90 Å². The van der Waals surface area contributed by atoms with Gasteiger partial charge in [0.05, 0.1) is 0 Å². The maximum atomic E-state index is 5.89. The zero-order chi connectivity index (χ0) is 12.3. The van der Waals surface area contributed by atoms with Crippen LogP contribution in [0.1, 0.15) is 31.7 Å². The molecule has 0 bridgehead atoms. The Kier molecular flexibility index (Phi) is 4.60. The van der Waals surface area contributed by atoms with Crippen LogP contribution in [0.2, 0.25) is 0 Å². The summed E-state index contributed by atoms with van der Waals surface area (Å²) in [5, 5.41) is 0. The van der Waals surface area contributed by atoms with E-state index in [1.54, 1.807) is 0 Å². The van der Waals surface area contributed by atoms with Crippen LogP contribution in [-0.2, 0) is 6.54 Å². The number of nitrogens with two attached hydrogens (primary N) is 1. The van der Waals surface area contributed by atoms with Crippen molar-refractivity contribution in [3.63, 3.8) is 0 Å². The molecule has 2 rings (SSSR count). The van der Waals surface area contributed by atoms with Crippen molar-refractivity contribution in [3.05, 3.63) is 34.3 Å². The number of nitrogens with zero attached hydrogens (tertiary/aromatic N) is 1. The third-order valence-corrected chi connectivity index (χ3v) is 4.21. The van der Waals surface area contributed by atoms with Gasteiger partial charge in [-0.3, -0.25) is 4.90 Å². The van der Waals surface area contributed by atoms with E-state index in [1.807, 2.05) is 0 Å². The topological polar surface area (TPSA) is 29.3 Å². The van der Waals surface area contributed by atoms with Gasteiger partial charge in [0.25, 0.3) is 0 Å². The zero-order valence-corrected chi connectivity index (χ0v) is 12.0. The number of hydrogen-bond acceptors (Lipinski definition) is 2. The van der Waals surface area contributed by atoms with Crippen LogP contribution in [0.3, 0.4) is 0 Å². The molecule has 17 heavy (non-hydrogen) atoms. The summed E-state index contributed by atoms with van der Waals surface area (Å²) in [5.41, 5.74) is 7.26. The number of piperidine rings is 1. The SMILES string of the molecule is CC1CCCC(CN)N1Cc1cccc(Br)c1. The number of rotatable bonds is 3. The van der Waals surface area contributed by atoms with E-state index in [-0.39, 0.29) is 0 Å². The predicted octanol–water partition coefficient (Wildman–Crippen LogP) is 3.15. The fourth-order valence-corrected chi connectivity index (χ4v) is 3.17. The van der Waals surface area contributed by atoms with Crippen LogP contribution >= 0.6 is 15.9 Å². The second-order valence-electron chi connectivity index (χ2n) is 4.97. The third-order valence-electron chi connectivity index (χ3n) is 3.72. The summed E-state index contributed by atoms with van der Waals surface area (Å²) in [4.78, 5) is 2.56. The summed E-state index contributed by atoms with van der Waals surface area (Å²) in [5.74, 6) is 0. The summed E-state index contributed by atoms with van der Waals surface area (Å²) in [7, 11) is 0. The lowest BCUT2D eigenvalue weighted by molar-refractivity contribution is 0.0892. The van der Waals surface area contributed by atoms with E-state index in [9.17, 15) is 0 Å². The van der Waals surface area contributed by atoms with E-state index >= 15 is 0 Å². The molecule has 1 aliphatic rings. The second kappa shape index (κ2) is 5.98. The van der Waals surface area contributed by atoms with Crippen LogP contribution in [0, 0.1) is 0 Å². The minimum Gasteiger partial charge on any atom is -0.329 e. The average molecular weight is 297 g/mol. The zero-order valence-electron chi connectivity index (χ0n) is 10.4. The van der Waals surface area contributed by atoms with Gasteiger partial charge < -0.3 is 5.73 Å².